The fourth-order valence-corrected chi connectivity index (χ4v) is 3.13. The van der Waals surface area contributed by atoms with Crippen molar-refractivity contribution in [2.24, 2.45) is 5.92 Å². The normalized spacial score (nSPS) is 14.8. The third kappa shape index (κ3) is 5.01. The largest absolute Gasteiger partial charge is 0.356 e. The van der Waals surface area contributed by atoms with E-state index in [9.17, 15) is 4.79 Å². The lowest BCUT2D eigenvalue weighted by Crippen LogP contribution is -2.33. The number of nitrogens with one attached hydrogen (secondary N) is 3. The van der Waals surface area contributed by atoms with Crippen LogP contribution in [-0.4, -0.2) is 12.6 Å². The molecule has 24 heavy (non-hydrogen) atoms. The standard InChI is InChI=1S/C20H25N3O/c24-20(21-15-16-7-3-1-4-8-16)23-19-13-11-18(12-14-19)22-17-9-5-2-6-10-17/h2,5-6,9-14,16,22H,1,3-4,7-8,15H2,(H2,21,23,24). The van der Waals surface area contributed by atoms with Gasteiger partial charge in [0.05, 0.1) is 0 Å². The summed E-state index contributed by atoms with van der Waals surface area (Å²) < 4.78 is 0. The summed E-state index contributed by atoms with van der Waals surface area (Å²) in [5.74, 6) is 0.641. The molecule has 3 N–H and O–H groups in total. The van der Waals surface area contributed by atoms with E-state index in [1.54, 1.807) is 0 Å². The molecular formula is C20H25N3O. The van der Waals surface area contributed by atoms with E-state index < -0.39 is 0 Å². The Hall–Kier alpha value is -2.49. The summed E-state index contributed by atoms with van der Waals surface area (Å²) in [7, 11) is 0. The summed E-state index contributed by atoms with van der Waals surface area (Å²) in [6.45, 7) is 0.777. The number of rotatable bonds is 5. The summed E-state index contributed by atoms with van der Waals surface area (Å²) in [6, 6.07) is 17.6. The summed E-state index contributed by atoms with van der Waals surface area (Å²) in [4.78, 5) is 12.0. The molecule has 1 aliphatic rings. The minimum atomic E-state index is -0.121. The maximum absolute atomic E-state index is 12.0. The second-order valence-corrected chi connectivity index (χ2v) is 6.41. The Bertz CT molecular complexity index is 634. The number of carbonyl (C=O) groups excluding carboxylic acids is 1. The van der Waals surface area contributed by atoms with Gasteiger partial charge in [-0.1, -0.05) is 37.5 Å². The maximum Gasteiger partial charge on any atom is 0.319 e. The van der Waals surface area contributed by atoms with E-state index >= 15 is 0 Å². The molecule has 2 aromatic carbocycles. The molecule has 2 amide bonds. The quantitative estimate of drug-likeness (QED) is 0.714. The van der Waals surface area contributed by atoms with E-state index in [1.807, 2.05) is 54.6 Å². The molecule has 0 unspecified atom stereocenters. The van der Waals surface area contributed by atoms with Crippen LogP contribution in [0.2, 0.25) is 0 Å². The monoisotopic (exact) mass is 323 g/mol. The van der Waals surface area contributed by atoms with Crippen LogP contribution in [0, 0.1) is 5.92 Å². The molecule has 4 heteroatoms. The van der Waals surface area contributed by atoms with Crippen molar-refractivity contribution < 1.29 is 4.79 Å². The topological polar surface area (TPSA) is 53.2 Å². The molecular weight excluding hydrogens is 298 g/mol. The van der Waals surface area contributed by atoms with Gasteiger partial charge in [-0.25, -0.2) is 4.79 Å². The first-order valence-electron chi connectivity index (χ1n) is 8.76. The van der Waals surface area contributed by atoms with Crippen molar-refractivity contribution in [2.75, 3.05) is 17.2 Å². The second-order valence-electron chi connectivity index (χ2n) is 6.41. The van der Waals surface area contributed by atoms with Gasteiger partial charge in [-0.15, -0.1) is 0 Å². The molecule has 1 saturated carbocycles. The highest BCUT2D eigenvalue weighted by Gasteiger charge is 2.14. The summed E-state index contributed by atoms with van der Waals surface area (Å²) in [5, 5.41) is 9.21. The Morgan fingerprint density at radius 2 is 1.46 bits per heavy atom. The van der Waals surface area contributed by atoms with Crippen LogP contribution in [0.5, 0.6) is 0 Å². The Labute approximate surface area is 143 Å². The van der Waals surface area contributed by atoms with Gasteiger partial charge in [0.1, 0.15) is 0 Å². The predicted octanol–water partition coefficient (Wildman–Crippen LogP) is 5.13. The third-order valence-corrected chi connectivity index (χ3v) is 4.48. The highest BCUT2D eigenvalue weighted by molar-refractivity contribution is 5.89. The smallest absolute Gasteiger partial charge is 0.319 e. The number of hydrogen-bond acceptors (Lipinski definition) is 2. The van der Waals surface area contributed by atoms with E-state index in [0.717, 1.165) is 23.6 Å². The minimum absolute atomic E-state index is 0.121. The number of amides is 2. The highest BCUT2D eigenvalue weighted by atomic mass is 16.2. The lowest BCUT2D eigenvalue weighted by molar-refractivity contribution is 0.247. The van der Waals surface area contributed by atoms with Gasteiger partial charge in [0.15, 0.2) is 0 Å². The molecule has 0 saturated heterocycles. The van der Waals surface area contributed by atoms with Crippen LogP contribution in [0.3, 0.4) is 0 Å². The first-order valence-corrected chi connectivity index (χ1v) is 8.76. The van der Waals surface area contributed by atoms with Gasteiger partial charge in [-0.05, 0) is 55.2 Å². The number of carbonyl (C=O) groups is 1. The van der Waals surface area contributed by atoms with Crippen molar-refractivity contribution in [3.05, 3.63) is 54.6 Å². The highest BCUT2D eigenvalue weighted by Crippen LogP contribution is 2.23. The average molecular weight is 323 g/mol. The van der Waals surface area contributed by atoms with Gasteiger partial charge in [0, 0.05) is 23.6 Å². The van der Waals surface area contributed by atoms with Gasteiger partial charge >= 0.3 is 6.03 Å². The number of para-hydroxylation sites is 1. The molecule has 3 rings (SSSR count). The molecule has 1 fully saturated rings. The van der Waals surface area contributed by atoms with Crippen molar-refractivity contribution >= 4 is 23.1 Å². The fraction of sp³-hybridized carbons (Fsp3) is 0.350. The van der Waals surface area contributed by atoms with Crippen molar-refractivity contribution in [3.8, 4) is 0 Å². The van der Waals surface area contributed by atoms with Crippen molar-refractivity contribution in [3.63, 3.8) is 0 Å². The molecule has 0 radical (unpaired) electrons. The zero-order valence-electron chi connectivity index (χ0n) is 13.9. The van der Waals surface area contributed by atoms with E-state index in [0.29, 0.717) is 5.92 Å². The number of hydrogen-bond donors (Lipinski definition) is 3. The van der Waals surface area contributed by atoms with Gasteiger partial charge in [-0.3, -0.25) is 0 Å². The van der Waals surface area contributed by atoms with Crippen LogP contribution in [0.25, 0.3) is 0 Å². The molecule has 0 spiro atoms. The van der Waals surface area contributed by atoms with E-state index in [1.165, 1.54) is 32.1 Å². The average Bonchev–Trinajstić information content (AvgIpc) is 2.63. The van der Waals surface area contributed by atoms with Crippen molar-refractivity contribution in [1.29, 1.82) is 0 Å². The molecule has 0 aliphatic heterocycles. The summed E-state index contributed by atoms with van der Waals surface area (Å²) in [6.07, 6.45) is 6.40. The molecule has 2 aromatic rings. The lowest BCUT2D eigenvalue weighted by Gasteiger charge is -2.21. The minimum Gasteiger partial charge on any atom is -0.356 e. The second kappa shape index (κ2) is 8.39. The molecule has 0 aromatic heterocycles. The number of anilines is 3. The van der Waals surface area contributed by atoms with Gasteiger partial charge in [-0.2, -0.15) is 0 Å². The van der Waals surface area contributed by atoms with E-state index in [-0.39, 0.29) is 6.03 Å². The van der Waals surface area contributed by atoms with Gasteiger partial charge in [0.2, 0.25) is 0 Å². The first-order chi connectivity index (χ1) is 11.8. The summed E-state index contributed by atoms with van der Waals surface area (Å²) >= 11 is 0. The van der Waals surface area contributed by atoms with Crippen LogP contribution in [-0.2, 0) is 0 Å². The molecule has 4 nitrogen and oxygen atoms in total. The van der Waals surface area contributed by atoms with Crippen molar-refractivity contribution in [2.45, 2.75) is 32.1 Å². The van der Waals surface area contributed by atoms with Crippen LogP contribution in [0.1, 0.15) is 32.1 Å². The SMILES string of the molecule is O=C(NCC1CCCCC1)Nc1ccc(Nc2ccccc2)cc1. The third-order valence-electron chi connectivity index (χ3n) is 4.48. The van der Waals surface area contributed by atoms with Crippen LogP contribution < -0.4 is 16.0 Å². The van der Waals surface area contributed by atoms with Crippen LogP contribution in [0.15, 0.2) is 54.6 Å². The predicted molar refractivity (Wildman–Crippen MR) is 99.8 cm³/mol. The molecule has 126 valence electrons. The van der Waals surface area contributed by atoms with Gasteiger partial charge in [0.25, 0.3) is 0 Å². The number of urea groups is 1. The molecule has 1 aliphatic carbocycles. The Morgan fingerprint density at radius 1 is 0.833 bits per heavy atom. The number of benzene rings is 2. The molecule has 0 bridgehead atoms. The van der Waals surface area contributed by atoms with Crippen LogP contribution >= 0.6 is 0 Å². The Morgan fingerprint density at radius 3 is 2.17 bits per heavy atom. The van der Waals surface area contributed by atoms with Crippen LogP contribution in [0.4, 0.5) is 21.9 Å². The zero-order chi connectivity index (χ0) is 16.6. The maximum atomic E-state index is 12.0. The Balaban J connectivity index is 1.45. The van der Waals surface area contributed by atoms with Gasteiger partial charge < -0.3 is 16.0 Å². The zero-order valence-corrected chi connectivity index (χ0v) is 13.9. The van der Waals surface area contributed by atoms with E-state index in [4.69, 9.17) is 0 Å². The summed E-state index contributed by atoms with van der Waals surface area (Å²) in [5.41, 5.74) is 2.84. The molecule has 0 atom stereocenters. The first kappa shape index (κ1) is 16.4. The fourth-order valence-electron chi connectivity index (χ4n) is 3.13. The lowest BCUT2D eigenvalue weighted by atomic mass is 9.89. The van der Waals surface area contributed by atoms with Crippen molar-refractivity contribution in [1.82, 2.24) is 5.32 Å². The van der Waals surface area contributed by atoms with E-state index in [2.05, 4.69) is 16.0 Å². The Kier molecular flexibility index (Phi) is 5.72. The molecule has 0 heterocycles.